The molecule has 0 aliphatic carbocycles. The number of methoxy groups -OCH3 is 1. The number of hydrogen-bond donors (Lipinski definition) is 1. The van der Waals surface area contributed by atoms with Crippen LogP contribution in [-0.4, -0.2) is 43.8 Å². The molecule has 0 spiro atoms. The fraction of sp³-hybridized carbons (Fsp3) is 0.375. The quantitative estimate of drug-likeness (QED) is 0.659. The van der Waals surface area contributed by atoms with Gasteiger partial charge in [0.05, 0.1) is 12.2 Å². The highest BCUT2D eigenvalue weighted by Gasteiger charge is 2.16. The number of rotatable bonds is 7. The Morgan fingerprint density at radius 2 is 2.25 bits per heavy atom. The van der Waals surface area contributed by atoms with Crippen molar-refractivity contribution in [3.05, 3.63) is 47.9 Å². The topological polar surface area (TPSA) is 86.3 Å². The Morgan fingerprint density at radius 1 is 1.38 bits per heavy atom. The van der Waals surface area contributed by atoms with E-state index in [4.69, 9.17) is 4.74 Å². The lowest BCUT2D eigenvalue weighted by Gasteiger charge is -2.07. The summed E-state index contributed by atoms with van der Waals surface area (Å²) in [5.74, 6) is 0.489. The van der Waals surface area contributed by atoms with Crippen LogP contribution in [0.2, 0.25) is 0 Å². The van der Waals surface area contributed by atoms with Crippen LogP contribution >= 0.6 is 0 Å². The summed E-state index contributed by atoms with van der Waals surface area (Å²) < 4.78 is 8.85. The van der Waals surface area contributed by atoms with Crippen molar-refractivity contribution in [3.8, 4) is 0 Å². The van der Waals surface area contributed by atoms with Crippen molar-refractivity contribution in [1.29, 1.82) is 0 Å². The van der Waals surface area contributed by atoms with E-state index in [9.17, 15) is 4.79 Å². The molecule has 3 aromatic rings. The third kappa shape index (κ3) is 3.28. The third-order valence-electron chi connectivity index (χ3n) is 3.83. The van der Waals surface area contributed by atoms with Gasteiger partial charge in [-0.25, -0.2) is 4.98 Å². The highest BCUT2D eigenvalue weighted by atomic mass is 16.5. The molecule has 3 rings (SSSR count). The molecule has 0 bridgehead atoms. The smallest absolute Gasteiger partial charge is 0.272 e. The van der Waals surface area contributed by atoms with Crippen LogP contribution in [-0.2, 0) is 17.8 Å². The summed E-state index contributed by atoms with van der Waals surface area (Å²) in [4.78, 5) is 16.8. The largest absolute Gasteiger partial charge is 0.385 e. The number of imidazole rings is 1. The molecule has 1 N–H and O–H groups in total. The van der Waals surface area contributed by atoms with E-state index in [1.165, 1.54) is 0 Å². The average Bonchev–Trinajstić information content (AvgIpc) is 3.18. The first kappa shape index (κ1) is 16.1. The zero-order chi connectivity index (χ0) is 16.9. The van der Waals surface area contributed by atoms with Crippen LogP contribution in [0.1, 0.15) is 28.4 Å². The molecule has 0 saturated heterocycles. The summed E-state index contributed by atoms with van der Waals surface area (Å²) in [6.45, 7) is 3.60. The van der Waals surface area contributed by atoms with Crippen molar-refractivity contribution < 1.29 is 9.53 Å². The summed E-state index contributed by atoms with van der Waals surface area (Å²) in [6.07, 6.45) is 4.41. The molecule has 3 heterocycles. The van der Waals surface area contributed by atoms with Gasteiger partial charge in [0, 0.05) is 26.5 Å². The Hall–Kier alpha value is -2.74. The maximum absolute atomic E-state index is 12.4. The molecule has 24 heavy (non-hydrogen) atoms. The Balaban J connectivity index is 1.67. The monoisotopic (exact) mass is 328 g/mol. The molecule has 0 aliphatic heterocycles. The molecule has 0 aliphatic rings. The number of pyridine rings is 1. The van der Waals surface area contributed by atoms with Gasteiger partial charge in [0.25, 0.3) is 5.91 Å². The van der Waals surface area contributed by atoms with Crippen LogP contribution in [0.25, 0.3) is 5.65 Å². The summed E-state index contributed by atoms with van der Waals surface area (Å²) in [6, 6.07) is 5.67. The van der Waals surface area contributed by atoms with Crippen LogP contribution in [0.15, 0.2) is 30.7 Å². The van der Waals surface area contributed by atoms with Crippen LogP contribution in [0, 0.1) is 6.92 Å². The number of nitrogens with zero attached hydrogens (tertiary/aromatic N) is 5. The summed E-state index contributed by atoms with van der Waals surface area (Å²) in [5, 5.41) is 10.8. The van der Waals surface area contributed by atoms with Gasteiger partial charge in [-0.3, -0.25) is 4.79 Å². The fourth-order valence-electron chi connectivity index (χ4n) is 2.56. The lowest BCUT2D eigenvalue weighted by molar-refractivity contribution is 0.0944. The molecule has 0 unspecified atom stereocenters. The molecule has 3 aromatic heterocycles. The van der Waals surface area contributed by atoms with Crippen LogP contribution < -0.4 is 5.32 Å². The van der Waals surface area contributed by atoms with E-state index in [-0.39, 0.29) is 5.91 Å². The number of carbonyl (C=O) groups excluding carboxylic acids is 1. The number of nitrogens with one attached hydrogen (secondary N) is 1. The van der Waals surface area contributed by atoms with Crippen molar-refractivity contribution in [2.75, 3.05) is 13.7 Å². The maximum Gasteiger partial charge on any atom is 0.272 e. The van der Waals surface area contributed by atoms with Gasteiger partial charge in [-0.1, -0.05) is 6.07 Å². The minimum absolute atomic E-state index is 0.220. The Bertz CT molecular complexity index is 838. The van der Waals surface area contributed by atoms with E-state index in [2.05, 4.69) is 20.5 Å². The molecule has 1 amide bonds. The van der Waals surface area contributed by atoms with E-state index >= 15 is 0 Å². The van der Waals surface area contributed by atoms with Crippen LogP contribution in [0.3, 0.4) is 0 Å². The number of fused-ring (bicyclic) bond motifs is 1. The van der Waals surface area contributed by atoms with Crippen LogP contribution in [0.4, 0.5) is 0 Å². The number of aromatic nitrogens is 5. The van der Waals surface area contributed by atoms with Gasteiger partial charge in [0.15, 0.2) is 5.82 Å². The van der Waals surface area contributed by atoms with Gasteiger partial charge in [0.2, 0.25) is 0 Å². The predicted octanol–water partition coefficient (Wildman–Crippen LogP) is 1.20. The van der Waals surface area contributed by atoms with Gasteiger partial charge >= 0.3 is 0 Å². The molecule has 0 atom stereocenters. The lowest BCUT2D eigenvalue weighted by Crippen LogP contribution is -2.26. The first-order valence-electron chi connectivity index (χ1n) is 7.78. The predicted molar refractivity (Wildman–Crippen MR) is 87.6 cm³/mol. The highest BCUT2D eigenvalue weighted by molar-refractivity contribution is 5.94. The average molecular weight is 328 g/mol. The van der Waals surface area contributed by atoms with E-state index in [1.807, 2.05) is 40.3 Å². The Morgan fingerprint density at radius 3 is 3.04 bits per heavy atom. The first-order valence-corrected chi connectivity index (χ1v) is 7.78. The van der Waals surface area contributed by atoms with Crippen molar-refractivity contribution in [1.82, 2.24) is 29.5 Å². The van der Waals surface area contributed by atoms with E-state index < -0.39 is 0 Å². The number of aryl methyl sites for hydroxylation is 2. The third-order valence-corrected chi connectivity index (χ3v) is 3.83. The molecule has 126 valence electrons. The van der Waals surface area contributed by atoms with E-state index in [0.717, 1.165) is 24.3 Å². The first-order chi connectivity index (χ1) is 11.7. The minimum atomic E-state index is -0.220. The second-order valence-corrected chi connectivity index (χ2v) is 5.44. The van der Waals surface area contributed by atoms with Crippen molar-refractivity contribution >= 4 is 11.6 Å². The molecule has 8 heteroatoms. The van der Waals surface area contributed by atoms with E-state index in [1.54, 1.807) is 13.4 Å². The van der Waals surface area contributed by atoms with Gasteiger partial charge < -0.3 is 19.0 Å². The molecule has 0 radical (unpaired) electrons. The second-order valence-electron chi connectivity index (χ2n) is 5.44. The lowest BCUT2D eigenvalue weighted by atomic mass is 10.3. The molecular weight excluding hydrogens is 308 g/mol. The van der Waals surface area contributed by atoms with Gasteiger partial charge in [0.1, 0.15) is 17.7 Å². The number of hydrogen-bond acceptors (Lipinski definition) is 5. The van der Waals surface area contributed by atoms with Crippen molar-refractivity contribution in [3.63, 3.8) is 0 Å². The fourth-order valence-corrected chi connectivity index (χ4v) is 2.56. The molecule has 0 saturated carbocycles. The molecule has 8 nitrogen and oxygen atoms in total. The summed E-state index contributed by atoms with van der Waals surface area (Å²) >= 11 is 0. The zero-order valence-corrected chi connectivity index (χ0v) is 13.8. The standard InChI is InChI=1S/C16H20N6O2/c1-12-15(19-13-6-3-4-8-22(12)13)16(23)17-10-14-20-18-11-21(14)7-5-9-24-2/h3-4,6,8,11H,5,7,9-10H2,1-2H3,(H,17,23). The van der Waals surface area contributed by atoms with E-state index in [0.29, 0.717) is 24.7 Å². The van der Waals surface area contributed by atoms with Gasteiger partial charge in [-0.05, 0) is 25.5 Å². The second kappa shape index (κ2) is 7.22. The SMILES string of the molecule is COCCCn1cnnc1CNC(=O)c1nc2ccccn2c1C. The summed E-state index contributed by atoms with van der Waals surface area (Å²) in [7, 11) is 1.67. The summed E-state index contributed by atoms with van der Waals surface area (Å²) in [5.41, 5.74) is 1.99. The normalized spacial score (nSPS) is 11.1. The van der Waals surface area contributed by atoms with Crippen molar-refractivity contribution in [2.24, 2.45) is 0 Å². The Labute approximate surface area is 139 Å². The minimum Gasteiger partial charge on any atom is -0.385 e. The maximum atomic E-state index is 12.4. The zero-order valence-electron chi connectivity index (χ0n) is 13.8. The number of carbonyl (C=O) groups is 1. The Kier molecular flexibility index (Phi) is 4.85. The highest BCUT2D eigenvalue weighted by Crippen LogP contribution is 2.11. The number of amides is 1. The molecule has 0 aromatic carbocycles. The van der Waals surface area contributed by atoms with Crippen molar-refractivity contribution in [2.45, 2.75) is 26.4 Å². The molecule has 0 fully saturated rings. The number of ether oxygens (including phenoxy) is 1. The van der Waals surface area contributed by atoms with Gasteiger partial charge in [-0.2, -0.15) is 0 Å². The van der Waals surface area contributed by atoms with Gasteiger partial charge in [-0.15, -0.1) is 10.2 Å². The molecular formula is C16H20N6O2. The van der Waals surface area contributed by atoms with Crippen LogP contribution in [0.5, 0.6) is 0 Å².